The summed E-state index contributed by atoms with van der Waals surface area (Å²) in [4.78, 5) is 18.5. The number of thioether (sulfide) groups is 1. The second-order valence-corrected chi connectivity index (χ2v) is 7.72. The summed E-state index contributed by atoms with van der Waals surface area (Å²) in [6.45, 7) is 3.17. The fourth-order valence-corrected chi connectivity index (χ4v) is 4.17. The van der Waals surface area contributed by atoms with Gasteiger partial charge in [-0.2, -0.15) is 5.26 Å². The van der Waals surface area contributed by atoms with Gasteiger partial charge in [-0.15, -0.1) is 0 Å². The van der Waals surface area contributed by atoms with Gasteiger partial charge in [0.25, 0.3) is 0 Å². The van der Waals surface area contributed by atoms with E-state index in [1.807, 2.05) is 18.2 Å². The van der Waals surface area contributed by atoms with Gasteiger partial charge in [-0.25, -0.2) is 4.98 Å². The molecule has 0 unspecified atom stereocenters. The fraction of sp³-hybridized carbons (Fsp3) is 0.381. The lowest BCUT2D eigenvalue weighted by molar-refractivity contribution is -0.114. The Hall–Kier alpha value is -2.56. The van der Waals surface area contributed by atoms with Crippen molar-refractivity contribution >= 4 is 17.5 Å². The molecule has 0 saturated heterocycles. The van der Waals surface area contributed by atoms with Crippen molar-refractivity contribution in [3.8, 4) is 28.7 Å². The Bertz CT molecular complexity index is 953. The number of nitrogens with zero attached hydrogens (tertiary/aromatic N) is 3. The molecule has 0 aliphatic carbocycles. The number of nitriles is 1. The van der Waals surface area contributed by atoms with Crippen LogP contribution in [0, 0.1) is 11.3 Å². The van der Waals surface area contributed by atoms with E-state index in [9.17, 15) is 10.1 Å². The van der Waals surface area contributed by atoms with Crippen molar-refractivity contribution < 1.29 is 14.3 Å². The van der Waals surface area contributed by atoms with Crippen LogP contribution in [-0.2, 0) is 17.8 Å². The Morgan fingerprint density at radius 3 is 2.71 bits per heavy atom. The summed E-state index contributed by atoms with van der Waals surface area (Å²) in [6.07, 6.45) is 0.811. The number of carbonyl (C=O) groups excluding carboxylic acids is 1. The van der Waals surface area contributed by atoms with Crippen LogP contribution >= 0.6 is 11.8 Å². The zero-order chi connectivity index (χ0) is 20.3. The molecule has 0 saturated carbocycles. The Morgan fingerprint density at radius 1 is 1.32 bits per heavy atom. The molecule has 0 atom stereocenters. The number of likely N-dealkylation sites (N-methyl/N-ethyl adjacent to an activating group) is 1. The highest BCUT2D eigenvalue weighted by Gasteiger charge is 2.25. The average Bonchev–Trinajstić information content (AvgIpc) is 2.70. The summed E-state index contributed by atoms with van der Waals surface area (Å²) >= 11 is 1.33. The predicted molar refractivity (Wildman–Crippen MR) is 109 cm³/mol. The molecule has 0 N–H and O–H groups in total. The number of hydrogen-bond acceptors (Lipinski definition) is 7. The molecular weight excluding hydrogens is 374 g/mol. The first-order valence-corrected chi connectivity index (χ1v) is 9.96. The second kappa shape index (κ2) is 8.63. The third-order valence-corrected chi connectivity index (χ3v) is 5.82. The predicted octanol–water partition coefficient (Wildman–Crippen LogP) is 3.31. The maximum absolute atomic E-state index is 11.5. The third-order valence-electron chi connectivity index (χ3n) is 4.71. The molecule has 28 heavy (non-hydrogen) atoms. The molecular formula is C21H23N3O3S. The van der Waals surface area contributed by atoms with Crippen LogP contribution in [0.5, 0.6) is 11.5 Å². The SMILES string of the molecule is COc1ccc(-c2c(C#N)c(SCC(C)=O)nc3c2CN(C)CC3)cc1OC. The summed E-state index contributed by atoms with van der Waals surface area (Å²) < 4.78 is 10.8. The first-order valence-electron chi connectivity index (χ1n) is 8.97. The molecule has 6 nitrogen and oxygen atoms in total. The maximum Gasteiger partial charge on any atom is 0.161 e. The highest BCUT2D eigenvalue weighted by Crippen LogP contribution is 2.40. The van der Waals surface area contributed by atoms with Gasteiger partial charge >= 0.3 is 0 Å². The summed E-state index contributed by atoms with van der Waals surface area (Å²) in [5.74, 6) is 1.60. The molecule has 1 aliphatic heterocycles. The van der Waals surface area contributed by atoms with Gasteiger partial charge in [0.2, 0.25) is 0 Å². The van der Waals surface area contributed by atoms with Crippen LogP contribution in [0.1, 0.15) is 23.7 Å². The van der Waals surface area contributed by atoms with Crippen molar-refractivity contribution in [2.45, 2.75) is 24.9 Å². The Labute approximate surface area is 169 Å². The summed E-state index contributed by atoms with van der Waals surface area (Å²) in [5, 5.41) is 10.6. The number of pyridine rings is 1. The van der Waals surface area contributed by atoms with E-state index in [1.54, 1.807) is 21.1 Å². The topological polar surface area (TPSA) is 75.5 Å². The van der Waals surface area contributed by atoms with Crippen LogP contribution in [0.15, 0.2) is 23.2 Å². The first-order chi connectivity index (χ1) is 13.5. The molecule has 0 amide bonds. The maximum atomic E-state index is 11.5. The summed E-state index contributed by atoms with van der Waals surface area (Å²) in [5.41, 5.74) is 4.31. The van der Waals surface area contributed by atoms with Crippen LogP contribution in [0.4, 0.5) is 0 Å². The number of fused-ring (bicyclic) bond motifs is 1. The number of benzene rings is 1. The molecule has 146 valence electrons. The van der Waals surface area contributed by atoms with E-state index in [2.05, 4.69) is 18.0 Å². The zero-order valence-electron chi connectivity index (χ0n) is 16.5. The van der Waals surface area contributed by atoms with E-state index >= 15 is 0 Å². The van der Waals surface area contributed by atoms with Crippen molar-refractivity contribution in [2.24, 2.45) is 0 Å². The number of ether oxygens (including phenoxy) is 2. The lowest BCUT2D eigenvalue weighted by Crippen LogP contribution is -2.28. The minimum absolute atomic E-state index is 0.0563. The fourth-order valence-electron chi connectivity index (χ4n) is 3.36. The molecule has 1 aliphatic rings. The number of hydrogen-bond donors (Lipinski definition) is 0. The zero-order valence-corrected chi connectivity index (χ0v) is 17.4. The van der Waals surface area contributed by atoms with Gasteiger partial charge in [0.05, 0.1) is 25.5 Å². The van der Waals surface area contributed by atoms with E-state index in [1.165, 1.54) is 11.8 Å². The number of aromatic nitrogens is 1. The van der Waals surface area contributed by atoms with Crippen LogP contribution in [0.2, 0.25) is 0 Å². The van der Waals surface area contributed by atoms with E-state index in [-0.39, 0.29) is 5.78 Å². The smallest absolute Gasteiger partial charge is 0.161 e. The minimum atomic E-state index is 0.0563. The van der Waals surface area contributed by atoms with Crippen LogP contribution in [-0.4, -0.2) is 49.2 Å². The number of rotatable bonds is 6. The Balaban J connectivity index is 2.24. The van der Waals surface area contributed by atoms with Gasteiger partial charge in [0, 0.05) is 30.8 Å². The largest absolute Gasteiger partial charge is 0.493 e. The molecule has 1 aromatic carbocycles. The molecule has 0 radical (unpaired) electrons. The van der Waals surface area contributed by atoms with E-state index in [4.69, 9.17) is 14.5 Å². The van der Waals surface area contributed by atoms with Gasteiger partial charge < -0.3 is 14.4 Å². The van der Waals surface area contributed by atoms with Crippen molar-refractivity contribution in [1.29, 1.82) is 5.26 Å². The van der Waals surface area contributed by atoms with Crippen molar-refractivity contribution in [3.63, 3.8) is 0 Å². The minimum Gasteiger partial charge on any atom is -0.493 e. The highest BCUT2D eigenvalue weighted by atomic mass is 32.2. The standard InChI is InChI=1S/C21H23N3O3S/c1-13(25)12-28-21-15(10-22)20(16-11-24(2)8-7-17(16)23-21)14-5-6-18(26-3)19(9-14)27-4/h5-6,9H,7-8,11-12H2,1-4H3. The van der Waals surface area contributed by atoms with E-state index < -0.39 is 0 Å². The van der Waals surface area contributed by atoms with Gasteiger partial charge in [0.15, 0.2) is 11.5 Å². The Morgan fingerprint density at radius 2 is 2.07 bits per heavy atom. The molecule has 2 heterocycles. The van der Waals surface area contributed by atoms with Crippen LogP contribution < -0.4 is 9.47 Å². The van der Waals surface area contributed by atoms with Gasteiger partial charge in [-0.1, -0.05) is 17.8 Å². The highest BCUT2D eigenvalue weighted by molar-refractivity contribution is 8.00. The van der Waals surface area contributed by atoms with Crippen molar-refractivity contribution in [1.82, 2.24) is 9.88 Å². The lowest BCUT2D eigenvalue weighted by Gasteiger charge is -2.28. The van der Waals surface area contributed by atoms with Crippen LogP contribution in [0.25, 0.3) is 11.1 Å². The monoisotopic (exact) mass is 397 g/mol. The third kappa shape index (κ3) is 3.98. The second-order valence-electron chi connectivity index (χ2n) is 6.75. The molecule has 1 aromatic heterocycles. The summed E-state index contributed by atoms with van der Waals surface area (Å²) in [7, 11) is 5.25. The van der Waals surface area contributed by atoms with Crippen molar-refractivity contribution in [3.05, 3.63) is 35.0 Å². The quantitative estimate of drug-likeness (QED) is 0.692. The molecule has 0 bridgehead atoms. The van der Waals surface area contributed by atoms with Crippen molar-refractivity contribution in [2.75, 3.05) is 33.6 Å². The van der Waals surface area contributed by atoms with E-state index in [0.29, 0.717) is 27.8 Å². The molecule has 0 spiro atoms. The van der Waals surface area contributed by atoms with Gasteiger partial charge in [0.1, 0.15) is 16.9 Å². The van der Waals surface area contributed by atoms with Crippen LogP contribution in [0.3, 0.4) is 0 Å². The molecule has 7 heteroatoms. The van der Waals surface area contributed by atoms with E-state index in [0.717, 1.165) is 41.9 Å². The summed E-state index contributed by atoms with van der Waals surface area (Å²) in [6, 6.07) is 8.01. The molecule has 2 aromatic rings. The Kier molecular flexibility index (Phi) is 6.22. The number of carbonyl (C=O) groups is 1. The number of Topliss-reactive ketones (excluding diaryl/α,β-unsaturated/α-hetero) is 1. The van der Waals surface area contributed by atoms with Gasteiger partial charge in [-0.05, 0) is 37.2 Å². The normalized spacial score (nSPS) is 13.5. The molecule has 0 fully saturated rings. The number of methoxy groups -OCH3 is 2. The lowest BCUT2D eigenvalue weighted by atomic mass is 9.91. The number of ketones is 1. The first kappa shape index (κ1) is 20.2. The van der Waals surface area contributed by atoms with Gasteiger partial charge in [-0.3, -0.25) is 4.79 Å². The average molecular weight is 398 g/mol. The molecule has 3 rings (SSSR count).